The number of halogens is 1. The summed E-state index contributed by atoms with van der Waals surface area (Å²) in [6, 6.07) is 6.02. The fourth-order valence-corrected chi connectivity index (χ4v) is 2.14. The zero-order valence-electron chi connectivity index (χ0n) is 10.0. The molecule has 0 radical (unpaired) electrons. The van der Waals surface area contributed by atoms with E-state index in [0.29, 0.717) is 0 Å². The van der Waals surface area contributed by atoms with E-state index < -0.39 is 0 Å². The highest BCUT2D eigenvalue weighted by Crippen LogP contribution is 2.25. The van der Waals surface area contributed by atoms with Crippen molar-refractivity contribution in [1.82, 2.24) is 15.5 Å². The Labute approximate surface area is 114 Å². The molecule has 96 valence electrons. The molecule has 1 heterocycles. The maximum atomic E-state index is 5.18. The minimum absolute atomic E-state index is 0.721. The predicted molar refractivity (Wildman–Crippen MR) is 70.4 cm³/mol. The van der Waals surface area contributed by atoms with Crippen LogP contribution in [-0.2, 0) is 13.0 Å². The minimum atomic E-state index is 0.721. The quantitative estimate of drug-likeness (QED) is 0.829. The largest absolute Gasteiger partial charge is 0.496 e. The number of nitrogens with zero attached hydrogens (tertiary/aromatic N) is 2. The summed E-state index contributed by atoms with van der Waals surface area (Å²) in [5.74, 6) is 1.56. The van der Waals surface area contributed by atoms with Crippen LogP contribution in [0.1, 0.15) is 11.4 Å². The summed E-state index contributed by atoms with van der Waals surface area (Å²) in [7, 11) is 1.66. The fourth-order valence-electron chi connectivity index (χ4n) is 1.56. The van der Waals surface area contributed by atoms with Crippen molar-refractivity contribution in [3.63, 3.8) is 0 Å². The Morgan fingerprint density at radius 1 is 1.44 bits per heavy atom. The smallest absolute Gasteiger partial charge is 0.213 e. The molecule has 18 heavy (non-hydrogen) atoms. The molecule has 0 atom stereocenters. The highest BCUT2D eigenvalue weighted by Gasteiger charge is 2.02. The molecule has 2 rings (SSSR count). The van der Waals surface area contributed by atoms with Gasteiger partial charge in [-0.25, -0.2) is 0 Å². The van der Waals surface area contributed by atoms with Crippen LogP contribution in [0.5, 0.6) is 5.75 Å². The van der Waals surface area contributed by atoms with E-state index in [9.17, 15) is 0 Å². The monoisotopic (exact) mass is 311 g/mol. The van der Waals surface area contributed by atoms with Crippen LogP contribution in [0.15, 0.2) is 33.6 Å². The Hall–Kier alpha value is -1.40. The summed E-state index contributed by atoms with van der Waals surface area (Å²) < 4.78 is 10.8. The van der Waals surface area contributed by atoms with E-state index in [1.165, 1.54) is 12.0 Å². The van der Waals surface area contributed by atoms with Crippen LogP contribution in [0.4, 0.5) is 0 Å². The van der Waals surface area contributed by atoms with Gasteiger partial charge in [0.25, 0.3) is 0 Å². The van der Waals surface area contributed by atoms with Crippen LogP contribution in [0.2, 0.25) is 0 Å². The molecule has 0 saturated carbocycles. The first-order chi connectivity index (χ1) is 8.79. The summed E-state index contributed by atoms with van der Waals surface area (Å²) >= 11 is 3.46. The molecule has 2 aromatic rings. The van der Waals surface area contributed by atoms with Gasteiger partial charge in [-0.2, -0.15) is 4.98 Å². The average molecular weight is 312 g/mol. The van der Waals surface area contributed by atoms with Crippen molar-refractivity contribution < 1.29 is 9.26 Å². The zero-order valence-corrected chi connectivity index (χ0v) is 11.6. The molecule has 0 fully saturated rings. The maximum Gasteiger partial charge on any atom is 0.213 e. The van der Waals surface area contributed by atoms with E-state index in [-0.39, 0.29) is 0 Å². The lowest BCUT2D eigenvalue weighted by molar-refractivity contribution is 0.409. The molecule has 0 amide bonds. The van der Waals surface area contributed by atoms with Crippen molar-refractivity contribution in [2.45, 2.75) is 13.0 Å². The van der Waals surface area contributed by atoms with E-state index in [1.54, 1.807) is 7.11 Å². The van der Waals surface area contributed by atoms with Crippen LogP contribution in [0, 0.1) is 0 Å². The highest BCUT2D eigenvalue weighted by molar-refractivity contribution is 9.10. The van der Waals surface area contributed by atoms with Crippen molar-refractivity contribution in [3.05, 3.63) is 40.5 Å². The van der Waals surface area contributed by atoms with E-state index in [1.807, 2.05) is 18.2 Å². The van der Waals surface area contributed by atoms with Gasteiger partial charge < -0.3 is 14.6 Å². The van der Waals surface area contributed by atoms with Gasteiger partial charge in [0.1, 0.15) is 5.75 Å². The highest BCUT2D eigenvalue weighted by atomic mass is 79.9. The number of ether oxygens (including phenoxy) is 1. The molecule has 1 aromatic carbocycles. The number of benzene rings is 1. The Morgan fingerprint density at radius 3 is 3.00 bits per heavy atom. The van der Waals surface area contributed by atoms with Gasteiger partial charge in [0.15, 0.2) is 5.82 Å². The van der Waals surface area contributed by atoms with E-state index in [4.69, 9.17) is 4.74 Å². The number of aromatic nitrogens is 2. The number of hydrogen-bond donors (Lipinski definition) is 1. The lowest BCUT2D eigenvalue weighted by Gasteiger charge is -2.07. The summed E-state index contributed by atoms with van der Waals surface area (Å²) in [5.41, 5.74) is 1.19. The van der Waals surface area contributed by atoms with Crippen LogP contribution in [-0.4, -0.2) is 23.8 Å². The standard InChI is InChI=1S/C12H14BrN3O2/c1-17-11-3-2-9(6-10(11)13)7-14-5-4-12-15-8-18-16-12/h2-3,6,8,14H,4-5,7H2,1H3. The summed E-state index contributed by atoms with van der Waals surface area (Å²) in [6.45, 7) is 1.60. The lowest BCUT2D eigenvalue weighted by atomic mass is 10.2. The molecule has 0 aliphatic rings. The first-order valence-corrected chi connectivity index (χ1v) is 6.37. The molecule has 1 N–H and O–H groups in total. The molecule has 0 saturated heterocycles. The van der Waals surface area contributed by atoms with Crippen molar-refractivity contribution in [2.24, 2.45) is 0 Å². The van der Waals surface area contributed by atoms with Gasteiger partial charge in [-0.05, 0) is 33.6 Å². The maximum absolute atomic E-state index is 5.18. The van der Waals surface area contributed by atoms with Gasteiger partial charge in [-0.15, -0.1) is 0 Å². The van der Waals surface area contributed by atoms with Crippen LogP contribution < -0.4 is 10.1 Å². The molecule has 0 unspecified atom stereocenters. The third kappa shape index (κ3) is 3.54. The van der Waals surface area contributed by atoms with Crippen LogP contribution in [0.3, 0.4) is 0 Å². The molecule has 5 nitrogen and oxygen atoms in total. The van der Waals surface area contributed by atoms with Gasteiger partial charge in [-0.3, -0.25) is 0 Å². The molecule has 6 heteroatoms. The second-order valence-corrected chi connectivity index (χ2v) is 4.60. The van der Waals surface area contributed by atoms with Crippen molar-refractivity contribution >= 4 is 15.9 Å². The van der Waals surface area contributed by atoms with Crippen LogP contribution >= 0.6 is 15.9 Å². The zero-order chi connectivity index (χ0) is 12.8. The number of rotatable bonds is 6. The number of hydrogen-bond acceptors (Lipinski definition) is 5. The van der Waals surface area contributed by atoms with Gasteiger partial charge in [0.05, 0.1) is 11.6 Å². The van der Waals surface area contributed by atoms with Gasteiger partial charge in [0, 0.05) is 19.5 Å². The lowest BCUT2D eigenvalue weighted by Crippen LogP contribution is -2.17. The second-order valence-electron chi connectivity index (χ2n) is 3.74. The van der Waals surface area contributed by atoms with Crippen molar-refractivity contribution in [3.8, 4) is 5.75 Å². The molecular formula is C12H14BrN3O2. The first kappa shape index (κ1) is 13.0. The normalized spacial score (nSPS) is 10.6. The third-order valence-corrected chi connectivity index (χ3v) is 3.10. The van der Waals surface area contributed by atoms with Gasteiger partial charge in [-0.1, -0.05) is 11.2 Å². The van der Waals surface area contributed by atoms with E-state index in [2.05, 4.69) is 35.9 Å². The summed E-state index contributed by atoms with van der Waals surface area (Å²) in [6.07, 6.45) is 2.10. The molecular weight excluding hydrogens is 298 g/mol. The summed E-state index contributed by atoms with van der Waals surface area (Å²) in [4.78, 5) is 3.96. The van der Waals surface area contributed by atoms with Gasteiger partial charge >= 0.3 is 0 Å². The SMILES string of the molecule is COc1ccc(CNCCc2ncon2)cc1Br. The minimum Gasteiger partial charge on any atom is -0.496 e. The Bertz CT molecular complexity index is 488. The fraction of sp³-hybridized carbons (Fsp3) is 0.333. The topological polar surface area (TPSA) is 60.2 Å². The predicted octanol–water partition coefficient (Wildman–Crippen LogP) is 2.17. The molecule has 0 bridgehead atoms. The number of methoxy groups -OCH3 is 1. The third-order valence-electron chi connectivity index (χ3n) is 2.48. The van der Waals surface area contributed by atoms with Crippen molar-refractivity contribution in [1.29, 1.82) is 0 Å². The van der Waals surface area contributed by atoms with Gasteiger partial charge in [0.2, 0.25) is 6.39 Å². The number of nitrogens with one attached hydrogen (secondary N) is 1. The van der Waals surface area contributed by atoms with Crippen LogP contribution in [0.25, 0.3) is 0 Å². The van der Waals surface area contributed by atoms with E-state index >= 15 is 0 Å². The summed E-state index contributed by atoms with van der Waals surface area (Å²) in [5, 5.41) is 7.07. The Morgan fingerprint density at radius 2 is 2.33 bits per heavy atom. The molecule has 0 aliphatic carbocycles. The average Bonchev–Trinajstić information content (AvgIpc) is 2.88. The second kappa shape index (κ2) is 6.51. The first-order valence-electron chi connectivity index (χ1n) is 5.58. The van der Waals surface area contributed by atoms with E-state index in [0.717, 1.165) is 35.6 Å². The Balaban J connectivity index is 1.78. The molecule has 1 aromatic heterocycles. The molecule has 0 spiro atoms. The Kier molecular flexibility index (Phi) is 4.72. The molecule has 0 aliphatic heterocycles. The van der Waals surface area contributed by atoms with Crippen molar-refractivity contribution in [2.75, 3.05) is 13.7 Å².